The lowest BCUT2D eigenvalue weighted by Gasteiger charge is -2.27. The number of nitrogens with zero attached hydrogens (tertiary/aromatic N) is 2. The zero-order chi connectivity index (χ0) is 20.9. The number of carbonyl (C=O) groups excluding carboxylic acids is 2. The minimum atomic E-state index is -4.53. The van der Waals surface area contributed by atoms with E-state index in [1.807, 2.05) is 4.90 Å². The molecule has 10 heteroatoms. The largest absolute Gasteiger partial charge is 0.405 e. The first kappa shape index (κ1) is 20.6. The van der Waals surface area contributed by atoms with Crippen LogP contribution in [0.1, 0.15) is 20.7 Å². The summed E-state index contributed by atoms with van der Waals surface area (Å²) < 4.78 is 42.3. The highest BCUT2D eigenvalue weighted by Gasteiger charge is 2.28. The summed E-state index contributed by atoms with van der Waals surface area (Å²) in [5.74, 6) is -0.738. The predicted molar refractivity (Wildman–Crippen MR) is 100 cm³/mol. The van der Waals surface area contributed by atoms with Crippen LogP contribution < -0.4 is 15.5 Å². The molecule has 0 radical (unpaired) electrons. The number of hydrogen-bond donors (Lipinski definition) is 2. The first-order valence-corrected chi connectivity index (χ1v) is 8.87. The number of halogens is 3. The molecule has 7 nitrogen and oxygen atoms in total. The van der Waals surface area contributed by atoms with Gasteiger partial charge in [-0.1, -0.05) is 12.1 Å². The van der Waals surface area contributed by atoms with E-state index < -0.39 is 24.5 Å². The van der Waals surface area contributed by atoms with E-state index in [4.69, 9.17) is 4.74 Å². The van der Waals surface area contributed by atoms with Crippen molar-refractivity contribution < 1.29 is 27.5 Å². The fourth-order valence-corrected chi connectivity index (χ4v) is 2.76. The average molecular weight is 408 g/mol. The molecule has 0 spiro atoms. The van der Waals surface area contributed by atoms with Crippen molar-refractivity contribution in [2.75, 3.05) is 43.1 Å². The van der Waals surface area contributed by atoms with Crippen LogP contribution in [0, 0.1) is 0 Å². The number of ether oxygens (including phenoxy) is 1. The van der Waals surface area contributed by atoms with Gasteiger partial charge in [0, 0.05) is 19.3 Å². The summed E-state index contributed by atoms with van der Waals surface area (Å²) in [4.78, 5) is 30.9. The Kier molecular flexibility index (Phi) is 6.32. The first-order chi connectivity index (χ1) is 13.8. The van der Waals surface area contributed by atoms with Crippen LogP contribution in [0.4, 0.5) is 24.7 Å². The molecule has 1 aliphatic heterocycles. The van der Waals surface area contributed by atoms with E-state index in [0.29, 0.717) is 26.3 Å². The molecule has 29 heavy (non-hydrogen) atoms. The third kappa shape index (κ3) is 5.67. The van der Waals surface area contributed by atoms with Gasteiger partial charge in [-0.05, 0) is 24.3 Å². The van der Waals surface area contributed by atoms with Crippen molar-refractivity contribution >= 4 is 23.3 Å². The third-order valence-electron chi connectivity index (χ3n) is 4.21. The zero-order valence-corrected chi connectivity index (χ0v) is 15.3. The molecule has 2 amide bonds. The maximum atomic E-state index is 12.5. The van der Waals surface area contributed by atoms with Crippen molar-refractivity contribution in [1.82, 2.24) is 10.3 Å². The number of rotatable bonds is 5. The zero-order valence-electron chi connectivity index (χ0n) is 15.3. The lowest BCUT2D eigenvalue weighted by molar-refractivity contribution is -0.123. The lowest BCUT2D eigenvalue weighted by Crippen LogP contribution is -2.36. The second-order valence-corrected chi connectivity index (χ2v) is 6.30. The molecule has 0 bridgehead atoms. The second-order valence-electron chi connectivity index (χ2n) is 6.30. The number of amides is 2. The quantitative estimate of drug-likeness (QED) is 0.794. The number of alkyl halides is 3. The summed E-state index contributed by atoms with van der Waals surface area (Å²) >= 11 is 0. The average Bonchev–Trinajstić information content (AvgIpc) is 2.72. The standard InChI is InChI=1S/C19H19F3N4O3/c20-19(21,22)12-24-18(28)14-3-1-2-4-15(14)25-17(27)13-5-6-16(23-11-13)26-7-9-29-10-8-26/h1-6,11H,7-10,12H2,(H,24,28)(H,25,27). The highest BCUT2D eigenvalue weighted by atomic mass is 19.4. The summed E-state index contributed by atoms with van der Waals surface area (Å²) in [6.45, 7) is 1.17. The van der Waals surface area contributed by atoms with Crippen molar-refractivity contribution in [2.45, 2.75) is 6.18 Å². The van der Waals surface area contributed by atoms with E-state index in [0.717, 1.165) is 5.82 Å². The summed E-state index contributed by atoms with van der Waals surface area (Å²) in [6.07, 6.45) is -3.12. The van der Waals surface area contributed by atoms with Crippen LogP contribution >= 0.6 is 0 Å². The van der Waals surface area contributed by atoms with Crippen LogP contribution in [0.2, 0.25) is 0 Å². The van der Waals surface area contributed by atoms with E-state index >= 15 is 0 Å². The van der Waals surface area contributed by atoms with Crippen molar-refractivity contribution in [1.29, 1.82) is 0 Å². The number of para-hydroxylation sites is 1. The normalized spacial score (nSPS) is 14.4. The van der Waals surface area contributed by atoms with Crippen molar-refractivity contribution in [3.05, 3.63) is 53.7 Å². The van der Waals surface area contributed by atoms with Crippen molar-refractivity contribution in [3.63, 3.8) is 0 Å². The highest BCUT2D eigenvalue weighted by molar-refractivity contribution is 6.08. The number of carbonyl (C=O) groups is 2. The van der Waals surface area contributed by atoms with Crippen LogP contribution in [0.5, 0.6) is 0 Å². The summed E-state index contributed by atoms with van der Waals surface area (Å²) in [5.41, 5.74) is 0.296. The third-order valence-corrected chi connectivity index (χ3v) is 4.21. The number of morpholine rings is 1. The minimum Gasteiger partial charge on any atom is -0.378 e. The molecule has 2 N–H and O–H groups in total. The van der Waals surface area contributed by atoms with Crippen molar-refractivity contribution in [2.24, 2.45) is 0 Å². The molecular formula is C19H19F3N4O3. The Labute approximate surface area is 164 Å². The van der Waals surface area contributed by atoms with Crippen LogP contribution in [0.15, 0.2) is 42.6 Å². The van der Waals surface area contributed by atoms with Gasteiger partial charge < -0.3 is 20.3 Å². The molecule has 2 heterocycles. The van der Waals surface area contributed by atoms with Gasteiger partial charge in [0.05, 0.1) is 30.0 Å². The Balaban J connectivity index is 1.68. The van der Waals surface area contributed by atoms with E-state index in [9.17, 15) is 22.8 Å². The van der Waals surface area contributed by atoms with E-state index in [2.05, 4.69) is 10.3 Å². The second kappa shape index (κ2) is 8.91. The molecule has 1 saturated heterocycles. The molecule has 3 rings (SSSR count). The van der Waals surface area contributed by atoms with Crippen molar-refractivity contribution in [3.8, 4) is 0 Å². The number of anilines is 2. The number of aromatic nitrogens is 1. The van der Waals surface area contributed by atoms with Crippen LogP contribution in [0.3, 0.4) is 0 Å². The van der Waals surface area contributed by atoms with Gasteiger partial charge in [0.15, 0.2) is 0 Å². The summed E-state index contributed by atoms with van der Waals surface area (Å²) in [5, 5.41) is 4.34. The molecular weight excluding hydrogens is 389 g/mol. The van der Waals surface area contributed by atoms with Crippen LogP contribution in [-0.4, -0.2) is 55.8 Å². The predicted octanol–water partition coefficient (Wildman–Crippen LogP) is 2.46. The fourth-order valence-electron chi connectivity index (χ4n) is 2.76. The van der Waals surface area contributed by atoms with Crippen LogP contribution in [-0.2, 0) is 4.74 Å². The first-order valence-electron chi connectivity index (χ1n) is 8.87. The van der Waals surface area contributed by atoms with Gasteiger partial charge in [-0.15, -0.1) is 0 Å². The molecule has 1 aliphatic rings. The maximum Gasteiger partial charge on any atom is 0.405 e. The Morgan fingerprint density at radius 3 is 2.45 bits per heavy atom. The Morgan fingerprint density at radius 2 is 1.79 bits per heavy atom. The molecule has 1 fully saturated rings. The summed E-state index contributed by atoms with van der Waals surface area (Å²) in [6, 6.07) is 9.14. The number of nitrogens with one attached hydrogen (secondary N) is 2. The Hall–Kier alpha value is -3.14. The van der Waals surface area contributed by atoms with Gasteiger partial charge in [0.2, 0.25) is 0 Å². The number of benzene rings is 1. The van der Waals surface area contributed by atoms with Gasteiger partial charge in [0.1, 0.15) is 12.4 Å². The molecule has 0 unspecified atom stereocenters. The molecule has 0 saturated carbocycles. The SMILES string of the molecule is O=C(Nc1ccccc1C(=O)NCC(F)(F)F)c1ccc(N2CCOCC2)nc1. The van der Waals surface area contributed by atoms with Gasteiger partial charge >= 0.3 is 6.18 Å². The molecule has 1 aromatic heterocycles. The molecule has 2 aromatic rings. The van der Waals surface area contributed by atoms with Gasteiger partial charge in [-0.2, -0.15) is 13.2 Å². The molecule has 1 aromatic carbocycles. The van der Waals surface area contributed by atoms with E-state index in [-0.39, 0.29) is 16.8 Å². The Morgan fingerprint density at radius 1 is 1.07 bits per heavy atom. The highest BCUT2D eigenvalue weighted by Crippen LogP contribution is 2.19. The number of hydrogen-bond acceptors (Lipinski definition) is 5. The summed E-state index contributed by atoms with van der Waals surface area (Å²) in [7, 11) is 0. The molecule has 0 aliphatic carbocycles. The Bertz CT molecular complexity index is 866. The monoisotopic (exact) mass is 408 g/mol. The smallest absolute Gasteiger partial charge is 0.378 e. The van der Waals surface area contributed by atoms with E-state index in [1.54, 1.807) is 23.5 Å². The van der Waals surface area contributed by atoms with E-state index in [1.165, 1.54) is 24.4 Å². The molecule has 0 atom stereocenters. The van der Waals surface area contributed by atoms with Crippen LogP contribution in [0.25, 0.3) is 0 Å². The lowest BCUT2D eigenvalue weighted by atomic mass is 10.1. The van der Waals surface area contributed by atoms with Gasteiger partial charge in [0.25, 0.3) is 11.8 Å². The fraction of sp³-hybridized carbons (Fsp3) is 0.316. The van der Waals surface area contributed by atoms with Gasteiger partial charge in [-0.25, -0.2) is 4.98 Å². The topological polar surface area (TPSA) is 83.6 Å². The maximum absolute atomic E-state index is 12.5. The number of pyridine rings is 1. The molecule has 154 valence electrons. The minimum absolute atomic E-state index is 0.0667. The van der Waals surface area contributed by atoms with Gasteiger partial charge in [-0.3, -0.25) is 9.59 Å².